The Hall–Kier alpha value is -1.76. The number of carbonyl (C=O) groups is 1. The number of alkyl halides is 3. The predicted octanol–water partition coefficient (Wildman–Crippen LogP) is 2.74. The van der Waals surface area contributed by atoms with Gasteiger partial charge in [-0.1, -0.05) is 13.0 Å². The van der Waals surface area contributed by atoms with Crippen LogP contribution in [0.1, 0.15) is 25.8 Å². The normalized spacial score (nSPS) is 17.6. The van der Waals surface area contributed by atoms with Gasteiger partial charge in [0.2, 0.25) is 5.91 Å². The highest BCUT2D eigenvalue weighted by atomic mass is 19.4. The fourth-order valence-electron chi connectivity index (χ4n) is 2.67. The molecule has 1 atom stereocenters. The van der Waals surface area contributed by atoms with Crippen molar-refractivity contribution in [3.63, 3.8) is 0 Å². The van der Waals surface area contributed by atoms with E-state index >= 15 is 0 Å². The zero-order valence-corrected chi connectivity index (χ0v) is 14.1. The van der Waals surface area contributed by atoms with Crippen molar-refractivity contribution in [2.75, 3.05) is 37.6 Å². The van der Waals surface area contributed by atoms with Gasteiger partial charge in [-0.25, -0.2) is 0 Å². The number of nitrogens with one attached hydrogen (secondary N) is 1. The molecule has 0 aromatic heterocycles. The molecule has 1 aliphatic rings. The fraction of sp³-hybridized carbons (Fsp3) is 0.588. The van der Waals surface area contributed by atoms with Crippen LogP contribution in [0.3, 0.4) is 0 Å². The van der Waals surface area contributed by atoms with Crippen molar-refractivity contribution in [2.24, 2.45) is 0 Å². The SMILES string of the molecule is CC[C@H](C)NC(=O)CN1CCN(c2cccc(C(F)(F)F)c2)CC1. The number of anilines is 1. The van der Waals surface area contributed by atoms with Crippen LogP contribution in [0, 0.1) is 0 Å². The molecule has 0 aliphatic carbocycles. The van der Waals surface area contributed by atoms with Gasteiger partial charge in [0.15, 0.2) is 0 Å². The van der Waals surface area contributed by atoms with Crippen LogP contribution in [0.15, 0.2) is 24.3 Å². The van der Waals surface area contributed by atoms with Gasteiger partial charge < -0.3 is 10.2 Å². The number of carbonyl (C=O) groups excluding carboxylic acids is 1. The third kappa shape index (κ3) is 5.12. The van der Waals surface area contributed by atoms with Crippen LogP contribution in [0.25, 0.3) is 0 Å². The number of piperazine rings is 1. The summed E-state index contributed by atoms with van der Waals surface area (Å²) in [5.74, 6) is -0.00290. The van der Waals surface area contributed by atoms with E-state index in [1.54, 1.807) is 6.07 Å². The van der Waals surface area contributed by atoms with Crippen molar-refractivity contribution in [1.29, 1.82) is 0 Å². The summed E-state index contributed by atoms with van der Waals surface area (Å²) in [5, 5.41) is 2.92. The molecular formula is C17H24F3N3O. The minimum absolute atomic E-state index is 0.00290. The number of hydrogen-bond donors (Lipinski definition) is 1. The third-order valence-electron chi connectivity index (χ3n) is 4.30. The number of benzene rings is 1. The molecule has 4 nitrogen and oxygen atoms in total. The van der Waals surface area contributed by atoms with E-state index < -0.39 is 11.7 Å². The van der Waals surface area contributed by atoms with Gasteiger partial charge in [0.1, 0.15) is 0 Å². The van der Waals surface area contributed by atoms with Gasteiger partial charge in [-0.05, 0) is 31.5 Å². The molecule has 24 heavy (non-hydrogen) atoms. The van der Waals surface area contributed by atoms with E-state index in [-0.39, 0.29) is 11.9 Å². The first-order valence-electron chi connectivity index (χ1n) is 8.23. The Balaban J connectivity index is 1.88. The maximum Gasteiger partial charge on any atom is 0.416 e. The average molecular weight is 343 g/mol. The van der Waals surface area contributed by atoms with Gasteiger partial charge in [0.05, 0.1) is 12.1 Å². The summed E-state index contributed by atoms with van der Waals surface area (Å²) in [6.07, 6.45) is -3.44. The maximum atomic E-state index is 12.8. The Kier molecular flexibility index (Phi) is 6.10. The maximum absolute atomic E-state index is 12.8. The van der Waals surface area contributed by atoms with Crippen molar-refractivity contribution in [3.05, 3.63) is 29.8 Å². The Morgan fingerprint density at radius 2 is 1.92 bits per heavy atom. The lowest BCUT2D eigenvalue weighted by Crippen LogP contribution is -2.50. The third-order valence-corrected chi connectivity index (χ3v) is 4.30. The van der Waals surface area contributed by atoms with Gasteiger partial charge >= 0.3 is 6.18 Å². The van der Waals surface area contributed by atoms with Gasteiger partial charge in [-0.3, -0.25) is 9.69 Å². The Labute approximate surface area is 140 Å². The molecule has 0 unspecified atom stereocenters. The van der Waals surface area contributed by atoms with E-state index in [0.717, 1.165) is 12.5 Å². The molecule has 0 saturated carbocycles. The highest BCUT2D eigenvalue weighted by Gasteiger charge is 2.31. The summed E-state index contributed by atoms with van der Waals surface area (Å²) in [4.78, 5) is 15.9. The summed E-state index contributed by atoms with van der Waals surface area (Å²) >= 11 is 0. The topological polar surface area (TPSA) is 35.6 Å². The van der Waals surface area contributed by atoms with Gasteiger partial charge in [-0.15, -0.1) is 0 Å². The number of rotatable bonds is 5. The quantitative estimate of drug-likeness (QED) is 0.893. The van der Waals surface area contributed by atoms with E-state index in [0.29, 0.717) is 38.4 Å². The standard InChI is InChI=1S/C17H24F3N3O/c1-3-13(2)21-16(24)12-22-7-9-23(10-8-22)15-6-4-5-14(11-15)17(18,19)20/h4-6,11,13H,3,7-10,12H2,1-2H3,(H,21,24)/t13-/m0/s1. The Bertz CT molecular complexity index is 554. The van der Waals surface area contributed by atoms with Crippen molar-refractivity contribution in [1.82, 2.24) is 10.2 Å². The lowest BCUT2D eigenvalue weighted by molar-refractivity contribution is -0.137. The van der Waals surface area contributed by atoms with Crippen molar-refractivity contribution in [3.8, 4) is 0 Å². The number of halogens is 3. The second-order valence-electron chi connectivity index (χ2n) is 6.19. The fourth-order valence-corrected chi connectivity index (χ4v) is 2.67. The lowest BCUT2D eigenvalue weighted by atomic mass is 10.1. The van der Waals surface area contributed by atoms with Crippen LogP contribution in [-0.4, -0.2) is 49.6 Å². The highest BCUT2D eigenvalue weighted by molar-refractivity contribution is 5.78. The van der Waals surface area contributed by atoms with Crippen molar-refractivity contribution < 1.29 is 18.0 Å². The summed E-state index contributed by atoms with van der Waals surface area (Å²) in [5.41, 5.74) is -0.0520. The molecule has 7 heteroatoms. The van der Waals surface area contributed by atoms with E-state index in [9.17, 15) is 18.0 Å². The summed E-state index contributed by atoms with van der Waals surface area (Å²) in [7, 11) is 0. The molecule has 1 fully saturated rings. The van der Waals surface area contributed by atoms with E-state index in [1.807, 2.05) is 23.6 Å². The van der Waals surface area contributed by atoms with Crippen LogP contribution in [0.5, 0.6) is 0 Å². The van der Waals surface area contributed by atoms with Crippen LogP contribution < -0.4 is 10.2 Å². The van der Waals surface area contributed by atoms with Gasteiger partial charge in [-0.2, -0.15) is 13.2 Å². The molecule has 1 amide bonds. The predicted molar refractivity (Wildman–Crippen MR) is 88.0 cm³/mol. The number of nitrogens with zero attached hydrogens (tertiary/aromatic N) is 2. The molecule has 1 aromatic carbocycles. The molecule has 2 rings (SSSR count). The van der Waals surface area contributed by atoms with Crippen LogP contribution >= 0.6 is 0 Å². The van der Waals surface area contributed by atoms with Crippen molar-refractivity contribution >= 4 is 11.6 Å². The summed E-state index contributed by atoms with van der Waals surface area (Å²) < 4.78 is 38.4. The number of hydrogen-bond acceptors (Lipinski definition) is 3. The number of amides is 1. The Morgan fingerprint density at radius 3 is 2.50 bits per heavy atom. The van der Waals surface area contributed by atoms with Crippen LogP contribution in [-0.2, 0) is 11.0 Å². The summed E-state index contributed by atoms with van der Waals surface area (Å²) in [6, 6.07) is 5.55. The lowest BCUT2D eigenvalue weighted by Gasteiger charge is -2.36. The molecule has 0 radical (unpaired) electrons. The van der Waals surface area contributed by atoms with E-state index in [1.165, 1.54) is 12.1 Å². The minimum Gasteiger partial charge on any atom is -0.369 e. The first kappa shape index (κ1) is 18.6. The van der Waals surface area contributed by atoms with Crippen LogP contribution in [0.4, 0.5) is 18.9 Å². The molecule has 0 bridgehead atoms. The molecule has 1 N–H and O–H groups in total. The van der Waals surface area contributed by atoms with Crippen molar-refractivity contribution in [2.45, 2.75) is 32.5 Å². The molecule has 134 valence electrons. The Morgan fingerprint density at radius 1 is 1.25 bits per heavy atom. The van der Waals surface area contributed by atoms with Gasteiger partial charge in [0, 0.05) is 37.9 Å². The zero-order chi connectivity index (χ0) is 17.7. The zero-order valence-electron chi connectivity index (χ0n) is 14.1. The monoisotopic (exact) mass is 343 g/mol. The molecular weight excluding hydrogens is 319 g/mol. The molecule has 1 heterocycles. The summed E-state index contributed by atoms with van der Waals surface area (Å²) in [6.45, 7) is 6.84. The van der Waals surface area contributed by atoms with E-state index in [2.05, 4.69) is 5.32 Å². The molecule has 1 saturated heterocycles. The first-order valence-corrected chi connectivity index (χ1v) is 8.23. The largest absolute Gasteiger partial charge is 0.416 e. The molecule has 0 spiro atoms. The average Bonchev–Trinajstić information content (AvgIpc) is 2.54. The van der Waals surface area contributed by atoms with Gasteiger partial charge in [0.25, 0.3) is 0 Å². The highest BCUT2D eigenvalue weighted by Crippen LogP contribution is 2.31. The molecule has 1 aromatic rings. The van der Waals surface area contributed by atoms with E-state index in [4.69, 9.17) is 0 Å². The first-order chi connectivity index (χ1) is 11.3. The van der Waals surface area contributed by atoms with Crippen LogP contribution in [0.2, 0.25) is 0 Å². The second kappa shape index (κ2) is 7.88. The molecule has 1 aliphatic heterocycles. The minimum atomic E-state index is -4.33. The second-order valence-corrected chi connectivity index (χ2v) is 6.19. The smallest absolute Gasteiger partial charge is 0.369 e.